The van der Waals surface area contributed by atoms with Crippen molar-refractivity contribution in [2.75, 3.05) is 6.61 Å². The zero-order valence-corrected chi connectivity index (χ0v) is 12.7. The van der Waals surface area contributed by atoms with E-state index in [0.717, 1.165) is 36.3 Å². The molecule has 0 amide bonds. The number of aliphatic hydroxyl groups is 1. The summed E-state index contributed by atoms with van der Waals surface area (Å²) < 4.78 is 5.65. The van der Waals surface area contributed by atoms with Gasteiger partial charge in [0.25, 0.3) is 0 Å². The fourth-order valence-electron chi connectivity index (χ4n) is 2.99. The van der Waals surface area contributed by atoms with Gasteiger partial charge in [0, 0.05) is 5.41 Å². The van der Waals surface area contributed by atoms with Crippen LogP contribution in [0.15, 0.2) is 48.5 Å². The number of ether oxygens (including phenoxy) is 1. The summed E-state index contributed by atoms with van der Waals surface area (Å²) in [5.41, 5.74) is 2.99. The van der Waals surface area contributed by atoms with E-state index in [1.807, 2.05) is 30.3 Å². The molecule has 21 heavy (non-hydrogen) atoms. The highest BCUT2D eigenvalue weighted by Crippen LogP contribution is 2.38. The third-order valence-corrected chi connectivity index (χ3v) is 4.45. The molecule has 0 saturated heterocycles. The van der Waals surface area contributed by atoms with Crippen LogP contribution in [-0.4, -0.2) is 11.7 Å². The van der Waals surface area contributed by atoms with Gasteiger partial charge in [-0.25, -0.2) is 0 Å². The average Bonchev–Trinajstić information content (AvgIpc) is 2.54. The van der Waals surface area contributed by atoms with Crippen molar-refractivity contribution < 1.29 is 9.84 Å². The summed E-state index contributed by atoms with van der Waals surface area (Å²) >= 11 is 0. The molecular weight excluding hydrogens is 260 g/mol. The molecular formula is C19H22O2. The summed E-state index contributed by atoms with van der Waals surface area (Å²) in [5, 5.41) is 10.9. The van der Waals surface area contributed by atoms with Crippen LogP contribution in [0.1, 0.15) is 43.1 Å². The van der Waals surface area contributed by atoms with Gasteiger partial charge in [-0.2, -0.15) is 0 Å². The summed E-state index contributed by atoms with van der Waals surface area (Å²) in [4.78, 5) is 0. The van der Waals surface area contributed by atoms with E-state index in [1.54, 1.807) is 0 Å². The minimum Gasteiger partial charge on any atom is -0.493 e. The molecule has 0 fully saturated rings. The number of benzene rings is 2. The van der Waals surface area contributed by atoms with Crippen LogP contribution in [0.5, 0.6) is 5.75 Å². The molecule has 1 aliphatic rings. The molecule has 0 bridgehead atoms. The highest BCUT2D eigenvalue weighted by Gasteiger charge is 2.31. The van der Waals surface area contributed by atoms with E-state index in [-0.39, 0.29) is 5.41 Å². The Hall–Kier alpha value is -1.80. The van der Waals surface area contributed by atoms with E-state index in [0.29, 0.717) is 0 Å². The van der Waals surface area contributed by atoms with Crippen LogP contribution < -0.4 is 4.74 Å². The van der Waals surface area contributed by atoms with Crippen molar-refractivity contribution in [3.05, 3.63) is 65.2 Å². The first-order valence-corrected chi connectivity index (χ1v) is 7.58. The third-order valence-electron chi connectivity index (χ3n) is 4.45. The van der Waals surface area contributed by atoms with E-state index >= 15 is 0 Å². The Morgan fingerprint density at radius 2 is 1.86 bits per heavy atom. The summed E-state index contributed by atoms with van der Waals surface area (Å²) in [6.45, 7) is 4.97. The molecule has 1 N–H and O–H groups in total. The normalized spacial score (nSPS) is 16.0. The number of hydrogen-bond acceptors (Lipinski definition) is 2. The predicted octanol–water partition coefficient (Wildman–Crippen LogP) is 4.02. The molecule has 0 aromatic heterocycles. The van der Waals surface area contributed by atoms with Crippen molar-refractivity contribution in [2.45, 2.75) is 38.2 Å². The summed E-state index contributed by atoms with van der Waals surface area (Å²) in [6.07, 6.45) is 1.54. The largest absolute Gasteiger partial charge is 0.493 e. The number of aryl methyl sites for hydroxylation is 1. The number of aliphatic hydroxyl groups excluding tert-OH is 1. The van der Waals surface area contributed by atoms with Gasteiger partial charge in [-0.05, 0) is 41.7 Å². The summed E-state index contributed by atoms with van der Waals surface area (Å²) in [7, 11) is 0. The second-order valence-electron chi connectivity index (χ2n) is 6.31. The Labute approximate surface area is 126 Å². The topological polar surface area (TPSA) is 29.5 Å². The van der Waals surface area contributed by atoms with Gasteiger partial charge in [-0.1, -0.05) is 50.2 Å². The molecule has 0 aliphatic carbocycles. The van der Waals surface area contributed by atoms with E-state index in [1.165, 1.54) is 5.56 Å². The molecule has 0 spiro atoms. The number of hydrogen-bond donors (Lipinski definition) is 1. The molecule has 1 atom stereocenters. The van der Waals surface area contributed by atoms with Crippen molar-refractivity contribution >= 4 is 0 Å². The van der Waals surface area contributed by atoms with Crippen LogP contribution in [0.2, 0.25) is 0 Å². The van der Waals surface area contributed by atoms with E-state index < -0.39 is 6.10 Å². The van der Waals surface area contributed by atoms with Gasteiger partial charge in [-0.3, -0.25) is 0 Å². The standard InChI is InChI=1S/C19H22O2/c1-19(2,16-8-4-3-5-9-16)18(20)15-10-11-17-14(13-15)7-6-12-21-17/h3-5,8-11,13,18,20H,6-7,12H2,1-2H3. The van der Waals surface area contributed by atoms with Gasteiger partial charge >= 0.3 is 0 Å². The van der Waals surface area contributed by atoms with Gasteiger partial charge < -0.3 is 9.84 Å². The van der Waals surface area contributed by atoms with Crippen LogP contribution in [-0.2, 0) is 11.8 Å². The molecule has 0 saturated carbocycles. The van der Waals surface area contributed by atoms with Crippen molar-refractivity contribution in [1.29, 1.82) is 0 Å². The van der Waals surface area contributed by atoms with Gasteiger partial charge in [-0.15, -0.1) is 0 Å². The van der Waals surface area contributed by atoms with Gasteiger partial charge in [0.1, 0.15) is 5.75 Å². The highest BCUT2D eigenvalue weighted by atomic mass is 16.5. The Balaban J connectivity index is 1.92. The maximum Gasteiger partial charge on any atom is 0.122 e. The van der Waals surface area contributed by atoms with E-state index in [4.69, 9.17) is 4.74 Å². The van der Waals surface area contributed by atoms with Gasteiger partial charge in [0.15, 0.2) is 0 Å². The van der Waals surface area contributed by atoms with Crippen molar-refractivity contribution in [2.24, 2.45) is 0 Å². The first kappa shape index (κ1) is 14.2. The van der Waals surface area contributed by atoms with Crippen LogP contribution in [0.3, 0.4) is 0 Å². The molecule has 1 unspecified atom stereocenters. The lowest BCUT2D eigenvalue weighted by molar-refractivity contribution is 0.100. The molecule has 1 aliphatic heterocycles. The zero-order chi connectivity index (χ0) is 14.9. The maximum atomic E-state index is 10.9. The van der Waals surface area contributed by atoms with E-state index in [9.17, 15) is 5.11 Å². The predicted molar refractivity (Wildman–Crippen MR) is 84.7 cm³/mol. The molecule has 110 valence electrons. The minimum atomic E-state index is -0.535. The van der Waals surface area contributed by atoms with Gasteiger partial charge in [0.05, 0.1) is 12.7 Å². The number of rotatable bonds is 3. The second kappa shape index (κ2) is 5.53. The smallest absolute Gasteiger partial charge is 0.122 e. The molecule has 2 heteroatoms. The number of fused-ring (bicyclic) bond motifs is 1. The first-order chi connectivity index (χ1) is 10.1. The minimum absolute atomic E-state index is 0.328. The summed E-state index contributed by atoms with van der Waals surface area (Å²) in [6, 6.07) is 16.3. The van der Waals surface area contributed by atoms with Crippen molar-refractivity contribution in [3.8, 4) is 5.75 Å². The monoisotopic (exact) mass is 282 g/mol. The zero-order valence-electron chi connectivity index (χ0n) is 12.7. The van der Waals surface area contributed by atoms with Crippen molar-refractivity contribution in [1.82, 2.24) is 0 Å². The molecule has 1 heterocycles. The lowest BCUT2D eigenvalue weighted by Gasteiger charge is -2.32. The van der Waals surface area contributed by atoms with Gasteiger partial charge in [0.2, 0.25) is 0 Å². The molecule has 0 radical (unpaired) electrons. The second-order valence-corrected chi connectivity index (χ2v) is 6.31. The van der Waals surface area contributed by atoms with Crippen LogP contribution >= 0.6 is 0 Å². The fourth-order valence-corrected chi connectivity index (χ4v) is 2.99. The maximum absolute atomic E-state index is 10.9. The lowest BCUT2D eigenvalue weighted by Crippen LogP contribution is -2.27. The SMILES string of the molecule is CC(C)(c1ccccc1)C(O)c1ccc2c(c1)CCCO2. The Bertz CT molecular complexity index is 617. The van der Waals surface area contributed by atoms with Crippen LogP contribution in [0.25, 0.3) is 0 Å². The first-order valence-electron chi connectivity index (χ1n) is 7.58. The molecule has 2 aromatic carbocycles. The van der Waals surface area contributed by atoms with Crippen molar-refractivity contribution in [3.63, 3.8) is 0 Å². The third kappa shape index (κ3) is 2.68. The summed E-state index contributed by atoms with van der Waals surface area (Å²) in [5.74, 6) is 0.967. The van der Waals surface area contributed by atoms with E-state index in [2.05, 4.69) is 32.0 Å². The molecule has 2 aromatic rings. The Morgan fingerprint density at radius 1 is 1.10 bits per heavy atom. The Kier molecular flexibility index (Phi) is 3.73. The molecule has 3 rings (SSSR count). The fraction of sp³-hybridized carbons (Fsp3) is 0.368. The average molecular weight is 282 g/mol. The molecule has 2 nitrogen and oxygen atoms in total. The van der Waals surface area contributed by atoms with Crippen LogP contribution in [0.4, 0.5) is 0 Å². The van der Waals surface area contributed by atoms with Crippen LogP contribution in [0, 0.1) is 0 Å². The lowest BCUT2D eigenvalue weighted by atomic mass is 9.76. The Morgan fingerprint density at radius 3 is 2.62 bits per heavy atom. The quantitative estimate of drug-likeness (QED) is 0.921. The highest BCUT2D eigenvalue weighted by molar-refractivity contribution is 5.41.